The first-order chi connectivity index (χ1) is 9.88. The van der Waals surface area contributed by atoms with E-state index in [-0.39, 0.29) is 0 Å². The van der Waals surface area contributed by atoms with Crippen molar-refractivity contribution in [3.8, 4) is 0 Å². The number of aromatic nitrogens is 1. The van der Waals surface area contributed by atoms with Crippen molar-refractivity contribution in [1.29, 1.82) is 0 Å². The molecular weight excluding hydrogens is 256 g/mol. The lowest BCUT2D eigenvalue weighted by Gasteiger charge is -2.42. The topological polar surface area (TPSA) is 24.9 Å². The van der Waals surface area contributed by atoms with E-state index in [4.69, 9.17) is 0 Å². The van der Waals surface area contributed by atoms with Crippen LogP contribution in [0.2, 0.25) is 0 Å². The van der Waals surface area contributed by atoms with Crippen molar-refractivity contribution in [2.45, 2.75) is 65.8 Å². The molecule has 1 N–H and O–H groups in total. The Morgan fingerprint density at radius 1 is 1.29 bits per heavy atom. The molecule has 0 amide bonds. The standard InChI is InChI=1S/C19H32N2/c1-14(2)21-13-16-8-9-17(19(3,4)5)11-18(16)15-7-6-10-20-12-15/h6-7,10,12,14,16-18,21H,8-9,11,13H2,1-5H3. The second kappa shape index (κ2) is 6.91. The van der Waals surface area contributed by atoms with Gasteiger partial charge in [0.25, 0.3) is 0 Å². The number of nitrogens with one attached hydrogen (secondary N) is 1. The van der Waals surface area contributed by atoms with E-state index in [2.05, 4.69) is 63.2 Å². The third-order valence-electron chi connectivity index (χ3n) is 5.12. The van der Waals surface area contributed by atoms with Crippen LogP contribution in [0.5, 0.6) is 0 Å². The summed E-state index contributed by atoms with van der Waals surface area (Å²) in [6.07, 6.45) is 7.97. The average molecular weight is 288 g/mol. The Bertz CT molecular complexity index is 419. The molecule has 3 unspecified atom stereocenters. The van der Waals surface area contributed by atoms with E-state index in [1.807, 2.05) is 6.20 Å². The summed E-state index contributed by atoms with van der Waals surface area (Å²) in [6.45, 7) is 12.8. The van der Waals surface area contributed by atoms with Gasteiger partial charge in [0.2, 0.25) is 0 Å². The molecule has 3 atom stereocenters. The Morgan fingerprint density at radius 2 is 2.05 bits per heavy atom. The van der Waals surface area contributed by atoms with Gasteiger partial charge in [-0.3, -0.25) is 4.98 Å². The molecule has 1 heterocycles. The first-order valence-corrected chi connectivity index (χ1v) is 8.51. The minimum Gasteiger partial charge on any atom is -0.314 e. The quantitative estimate of drug-likeness (QED) is 0.874. The minimum absolute atomic E-state index is 0.414. The van der Waals surface area contributed by atoms with Crippen molar-refractivity contribution in [1.82, 2.24) is 10.3 Å². The summed E-state index contributed by atoms with van der Waals surface area (Å²) in [6, 6.07) is 4.92. The summed E-state index contributed by atoms with van der Waals surface area (Å²) in [5, 5.41) is 3.65. The third-order valence-corrected chi connectivity index (χ3v) is 5.12. The highest BCUT2D eigenvalue weighted by Crippen LogP contribution is 2.46. The second-order valence-corrected chi connectivity index (χ2v) is 8.09. The van der Waals surface area contributed by atoms with Crippen LogP contribution in [0.4, 0.5) is 0 Å². The summed E-state index contributed by atoms with van der Waals surface area (Å²) in [5.74, 6) is 2.22. The van der Waals surface area contributed by atoms with Crippen molar-refractivity contribution in [3.05, 3.63) is 30.1 Å². The Balaban J connectivity index is 2.14. The second-order valence-electron chi connectivity index (χ2n) is 8.09. The monoisotopic (exact) mass is 288 g/mol. The van der Waals surface area contributed by atoms with Gasteiger partial charge in [-0.25, -0.2) is 0 Å². The van der Waals surface area contributed by atoms with Crippen LogP contribution in [0.25, 0.3) is 0 Å². The van der Waals surface area contributed by atoms with Gasteiger partial charge in [-0.05, 0) is 60.6 Å². The third kappa shape index (κ3) is 4.54. The van der Waals surface area contributed by atoms with Gasteiger partial charge < -0.3 is 5.32 Å². The molecule has 0 radical (unpaired) electrons. The molecule has 2 heteroatoms. The number of hydrogen-bond donors (Lipinski definition) is 1. The Hall–Kier alpha value is -0.890. The Labute approximate surface area is 130 Å². The van der Waals surface area contributed by atoms with Gasteiger partial charge in [0.15, 0.2) is 0 Å². The van der Waals surface area contributed by atoms with Crippen LogP contribution in [0.1, 0.15) is 65.4 Å². The van der Waals surface area contributed by atoms with E-state index in [1.165, 1.54) is 24.8 Å². The summed E-state index contributed by atoms with van der Waals surface area (Å²) in [4.78, 5) is 4.36. The van der Waals surface area contributed by atoms with Gasteiger partial charge in [0.1, 0.15) is 0 Å². The lowest BCUT2D eigenvalue weighted by molar-refractivity contribution is 0.128. The fourth-order valence-corrected chi connectivity index (χ4v) is 3.65. The fraction of sp³-hybridized carbons (Fsp3) is 0.737. The molecule has 0 aliphatic heterocycles. The van der Waals surface area contributed by atoms with E-state index in [1.54, 1.807) is 0 Å². The molecule has 0 saturated heterocycles. The zero-order valence-electron chi connectivity index (χ0n) is 14.4. The molecule has 1 aromatic rings. The zero-order valence-corrected chi connectivity index (χ0v) is 14.4. The summed E-state index contributed by atoms with van der Waals surface area (Å²) >= 11 is 0. The largest absolute Gasteiger partial charge is 0.314 e. The van der Waals surface area contributed by atoms with Crippen LogP contribution >= 0.6 is 0 Å². The molecule has 2 nitrogen and oxygen atoms in total. The van der Waals surface area contributed by atoms with Gasteiger partial charge in [-0.15, -0.1) is 0 Å². The molecule has 0 spiro atoms. The maximum Gasteiger partial charge on any atom is 0.0302 e. The van der Waals surface area contributed by atoms with Crippen LogP contribution in [0.3, 0.4) is 0 Å². The van der Waals surface area contributed by atoms with Crippen LogP contribution in [0, 0.1) is 17.3 Å². The van der Waals surface area contributed by atoms with Gasteiger partial charge in [-0.1, -0.05) is 40.7 Å². The zero-order chi connectivity index (χ0) is 15.5. The molecule has 1 saturated carbocycles. The molecule has 1 aliphatic rings. The van der Waals surface area contributed by atoms with Crippen molar-refractivity contribution in [3.63, 3.8) is 0 Å². The molecule has 1 aromatic heterocycles. The van der Waals surface area contributed by atoms with E-state index in [0.29, 0.717) is 17.4 Å². The van der Waals surface area contributed by atoms with Gasteiger partial charge in [-0.2, -0.15) is 0 Å². The SMILES string of the molecule is CC(C)NCC1CCC(C(C)(C)C)CC1c1cccnc1. The first-order valence-electron chi connectivity index (χ1n) is 8.51. The summed E-state index contributed by atoms with van der Waals surface area (Å²) in [5.41, 5.74) is 1.85. The molecule has 1 aliphatic carbocycles. The smallest absolute Gasteiger partial charge is 0.0302 e. The molecule has 1 fully saturated rings. The maximum absolute atomic E-state index is 4.36. The molecular formula is C19H32N2. The van der Waals surface area contributed by atoms with Crippen LogP contribution < -0.4 is 5.32 Å². The van der Waals surface area contributed by atoms with Crippen molar-refractivity contribution in [2.24, 2.45) is 17.3 Å². The van der Waals surface area contributed by atoms with E-state index >= 15 is 0 Å². The van der Waals surface area contributed by atoms with Gasteiger partial charge in [0, 0.05) is 18.4 Å². The first kappa shape index (κ1) is 16.5. The van der Waals surface area contributed by atoms with Gasteiger partial charge in [0.05, 0.1) is 0 Å². The molecule has 118 valence electrons. The fourth-order valence-electron chi connectivity index (χ4n) is 3.65. The average Bonchev–Trinajstić information content (AvgIpc) is 2.45. The van der Waals surface area contributed by atoms with Crippen molar-refractivity contribution < 1.29 is 0 Å². The van der Waals surface area contributed by atoms with Crippen molar-refractivity contribution in [2.75, 3.05) is 6.54 Å². The lowest BCUT2D eigenvalue weighted by Crippen LogP contribution is -2.37. The molecule has 0 aromatic carbocycles. The highest BCUT2D eigenvalue weighted by atomic mass is 14.9. The Kier molecular flexibility index (Phi) is 5.43. The van der Waals surface area contributed by atoms with Crippen molar-refractivity contribution >= 4 is 0 Å². The van der Waals surface area contributed by atoms with Crippen LogP contribution in [-0.4, -0.2) is 17.6 Å². The van der Waals surface area contributed by atoms with E-state index in [0.717, 1.165) is 18.4 Å². The van der Waals surface area contributed by atoms with Crippen LogP contribution in [-0.2, 0) is 0 Å². The highest BCUT2D eigenvalue weighted by molar-refractivity contribution is 5.17. The summed E-state index contributed by atoms with van der Waals surface area (Å²) in [7, 11) is 0. The van der Waals surface area contributed by atoms with E-state index < -0.39 is 0 Å². The number of rotatable bonds is 4. The maximum atomic E-state index is 4.36. The number of pyridine rings is 1. The Morgan fingerprint density at radius 3 is 2.62 bits per heavy atom. The predicted molar refractivity (Wildman–Crippen MR) is 90.4 cm³/mol. The normalized spacial score (nSPS) is 27.0. The summed E-state index contributed by atoms with van der Waals surface area (Å²) < 4.78 is 0. The van der Waals surface area contributed by atoms with Gasteiger partial charge >= 0.3 is 0 Å². The number of hydrogen-bond acceptors (Lipinski definition) is 2. The molecule has 21 heavy (non-hydrogen) atoms. The lowest BCUT2D eigenvalue weighted by atomic mass is 9.64. The highest BCUT2D eigenvalue weighted by Gasteiger charge is 2.36. The molecule has 2 rings (SSSR count). The molecule has 0 bridgehead atoms. The van der Waals surface area contributed by atoms with Crippen LogP contribution in [0.15, 0.2) is 24.5 Å². The predicted octanol–water partition coefficient (Wildman–Crippen LogP) is 4.63. The minimum atomic E-state index is 0.414. The number of nitrogens with zero attached hydrogens (tertiary/aromatic N) is 1. The van der Waals surface area contributed by atoms with E-state index in [9.17, 15) is 0 Å².